The van der Waals surface area contributed by atoms with Crippen molar-refractivity contribution in [3.63, 3.8) is 0 Å². The molecule has 0 fully saturated rings. The van der Waals surface area contributed by atoms with Crippen LogP contribution in [0.3, 0.4) is 0 Å². The molecule has 1 N–H and O–H groups in total. The number of nitrogens with zero attached hydrogens (tertiary/aromatic N) is 4. The van der Waals surface area contributed by atoms with Gasteiger partial charge < -0.3 is 9.47 Å². The van der Waals surface area contributed by atoms with Gasteiger partial charge in [0.25, 0.3) is 15.8 Å². The number of aromatic nitrogens is 4. The Morgan fingerprint density at radius 1 is 1.09 bits per heavy atom. The van der Waals surface area contributed by atoms with E-state index in [1.165, 1.54) is 38.4 Å². The van der Waals surface area contributed by atoms with Gasteiger partial charge in [-0.15, -0.1) is 0 Å². The van der Waals surface area contributed by atoms with Crippen LogP contribution in [0.2, 0.25) is 0 Å². The van der Waals surface area contributed by atoms with Crippen LogP contribution in [0.15, 0.2) is 63.6 Å². The molecule has 0 saturated carbocycles. The van der Waals surface area contributed by atoms with Gasteiger partial charge in [0.05, 0.1) is 14.2 Å². The van der Waals surface area contributed by atoms with E-state index < -0.39 is 10.0 Å². The zero-order valence-electron chi connectivity index (χ0n) is 18.6. The molecule has 9 nitrogen and oxygen atoms in total. The summed E-state index contributed by atoms with van der Waals surface area (Å²) in [6.45, 7) is 4.03. The lowest BCUT2D eigenvalue weighted by Gasteiger charge is -2.14. The van der Waals surface area contributed by atoms with Crippen molar-refractivity contribution < 1.29 is 17.9 Å². The second-order valence-electron chi connectivity index (χ2n) is 7.06. The van der Waals surface area contributed by atoms with Crippen molar-refractivity contribution in [2.24, 2.45) is 0 Å². The minimum atomic E-state index is -3.89. The van der Waals surface area contributed by atoms with Gasteiger partial charge >= 0.3 is 0 Å². The molecule has 2 aromatic carbocycles. The minimum Gasteiger partial charge on any atom is -0.497 e. The van der Waals surface area contributed by atoms with Gasteiger partial charge in [0.2, 0.25) is 0 Å². The van der Waals surface area contributed by atoms with Crippen molar-refractivity contribution in [2.45, 2.75) is 35.1 Å². The summed E-state index contributed by atoms with van der Waals surface area (Å²) in [5.74, 6) is 1.19. The SMILES string of the molecule is CCc1c(C)nc2ncnn2c1Sc1ccc(NS(=O)(=O)c2cc(OC)ccc2OC)cc1. The second-order valence-corrected chi connectivity index (χ2v) is 9.77. The van der Waals surface area contributed by atoms with E-state index in [4.69, 9.17) is 9.47 Å². The van der Waals surface area contributed by atoms with Crippen molar-refractivity contribution in [3.8, 4) is 11.5 Å². The Labute approximate surface area is 196 Å². The van der Waals surface area contributed by atoms with Crippen LogP contribution in [0.1, 0.15) is 18.2 Å². The minimum absolute atomic E-state index is 0.00350. The summed E-state index contributed by atoms with van der Waals surface area (Å²) in [7, 11) is -0.994. The molecular formula is C22H23N5O4S2. The third-order valence-electron chi connectivity index (χ3n) is 5.02. The van der Waals surface area contributed by atoms with Crippen LogP contribution in [-0.2, 0) is 16.4 Å². The molecule has 0 bridgehead atoms. The molecule has 0 spiro atoms. The standard InChI is InChI=1S/C22H23N5O4S2/c1-5-18-14(2)25-22-23-13-24-27(22)21(18)32-17-9-6-15(7-10-17)26-33(28,29)20-12-16(30-3)8-11-19(20)31-4/h6-13,26H,5H2,1-4H3. The average Bonchev–Trinajstić information content (AvgIpc) is 3.28. The largest absolute Gasteiger partial charge is 0.497 e. The highest BCUT2D eigenvalue weighted by molar-refractivity contribution is 7.99. The van der Waals surface area contributed by atoms with Crippen molar-refractivity contribution in [2.75, 3.05) is 18.9 Å². The van der Waals surface area contributed by atoms with Gasteiger partial charge in [0, 0.05) is 27.9 Å². The van der Waals surface area contributed by atoms with Gasteiger partial charge in [0.15, 0.2) is 0 Å². The van der Waals surface area contributed by atoms with Crippen LogP contribution in [0.4, 0.5) is 5.69 Å². The number of fused-ring (bicyclic) bond motifs is 1. The second kappa shape index (κ2) is 9.28. The fourth-order valence-electron chi connectivity index (χ4n) is 3.37. The summed E-state index contributed by atoms with van der Waals surface area (Å²) in [5, 5.41) is 5.24. The molecule has 0 aliphatic heterocycles. The molecule has 11 heteroatoms. The van der Waals surface area contributed by atoms with Crippen LogP contribution >= 0.6 is 11.8 Å². The number of nitrogens with one attached hydrogen (secondary N) is 1. The van der Waals surface area contributed by atoms with Crippen LogP contribution in [0.5, 0.6) is 11.5 Å². The van der Waals surface area contributed by atoms with Crippen LogP contribution in [0.25, 0.3) is 5.78 Å². The molecule has 4 aromatic rings. The van der Waals surface area contributed by atoms with E-state index in [0.29, 0.717) is 17.2 Å². The summed E-state index contributed by atoms with van der Waals surface area (Å²) < 4.78 is 40.7. The van der Waals surface area contributed by atoms with E-state index in [9.17, 15) is 8.42 Å². The number of methoxy groups -OCH3 is 2. The number of hydrogen-bond donors (Lipinski definition) is 1. The summed E-state index contributed by atoms with van der Waals surface area (Å²) in [4.78, 5) is 9.62. The topological polar surface area (TPSA) is 108 Å². The lowest BCUT2D eigenvalue weighted by atomic mass is 10.2. The maximum atomic E-state index is 13.0. The lowest BCUT2D eigenvalue weighted by Crippen LogP contribution is -2.14. The quantitative estimate of drug-likeness (QED) is 0.374. The zero-order valence-corrected chi connectivity index (χ0v) is 20.2. The maximum absolute atomic E-state index is 13.0. The first kappa shape index (κ1) is 22.9. The fraction of sp³-hybridized carbons (Fsp3) is 0.227. The number of hydrogen-bond acceptors (Lipinski definition) is 8. The van der Waals surface area contributed by atoms with Gasteiger partial charge in [-0.3, -0.25) is 4.72 Å². The van der Waals surface area contributed by atoms with Crippen LogP contribution < -0.4 is 14.2 Å². The Hall–Kier alpha value is -3.31. The summed E-state index contributed by atoms with van der Waals surface area (Å²) in [6.07, 6.45) is 2.28. The number of aryl methyl sites for hydroxylation is 1. The highest BCUT2D eigenvalue weighted by atomic mass is 32.2. The van der Waals surface area contributed by atoms with Crippen LogP contribution in [-0.4, -0.2) is 42.2 Å². The first-order chi connectivity index (χ1) is 15.9. The normalized spacial score (nSPS) is 11.5. The smallest absolute Gasteiger partial charge is 0.265 e. The van der Waals surface area contributed by atoms with E-state index >= 15 is 0 Å². The Bertz CT molecular complexity index is 1400. The summed E-state index contributed by atoms with van der Waals surface area (Å²) in [6, 6.07) is 11.7. The summed E-state index contributed by atoms with van der Waals surface area (Å²) in [5.41, 5.74) is 2.43. The molecule has 0 atom stereocenters. The Kier molecular flexibility index (Phi) is 6.43. The Balaban J connectivity index is 1.60. The lowest BCUT2D eigenvalue weighted by molar-refractivity contribution is 0.392. The van der Waals surface area contributed by atoms with Gasteiger partial charge in [-0.25, -0.2) is 13.4 Å². The molecule has 0 aliphatic rings. The number of benzene rings is 2. The molecule has 0 saturated heterocycles. The predicted octanol–water partition coefficient (Wildman–Crippen LogP) is 3.96. The molecule has 2 heterocycles. The number of rotatable bonds is 8. The van der Waals surface area contributed by atoms with Gasteiger partial charge in [-0.1, -0.05) is 18.7 Å². The van der Waals surface area contributed by atoms with E-state index in [1.54, 1.807) is 28.8 Å². The first-order valence-electron chi connectivity index (χ1n) is 10.1. The third-order valence-corrected chi connectivity index (χ3v) is 7.54. The number of sulfonamides is 1. The molecule has 0 aliphatic carbocycles. The van der Waals surface area contributed by atoms with Crippen molar-refractivity contribution in [1.29, 1.82) is 0 Å². The van der Waals surface area contributed by atoms with E-state index in [0.717, 1.165) is 27.6 Å². The fourth-order valence-corrected chi connectivity index (χ4v) is 5.74. The Morgan fingerprint density at radius 3 is 2.52 bits per heavy atom. The van der Waals surface area contributed by atoms with Crippen molar-refractivity contribution in [3.05, 3.63) is 60.0 Å². The third kappa shape index (κ3) is 4.60. The monoisotopic (exact) mass is 485 g/mol. The number of ether oxygens (including phenoxy) is 2. The molecule has 0 amide bonds. The maximum Gasteiger partial charge on any atom is 0.265 e. The highest BCUT2D eigenvalue weighted by Crippen LogP contribution is 2.34. The van der Waals surface area contributed by atoms with Gasteiger partial charge in [-0.05, 0) is 49.7 Å². The first-order valence-corrected chi connectivity index (χ1v) is 12.4. The van der Waals surface area contributed by atoms with Gasteiger partial charge in [-0.2, -0.15) is 14.6 Å². The molecule has 0 unspecified atom stereocenters. The summed E-state index contributed by atoms with van der Waals surface area (Å²) >= 11 is 1.53. The molecule has 0 radical (unpaired) electrons. The average molecular weight is 486 g/mol. The van der Waals surface area contributed by atoms with Crippen LogP contribution in [0, 0.1) is 6.92 Å². The van der Waals surface area contributed by atoms with E-state index in [1.807, 2.05) is 19.1 Å². The van der Waals surface area contributed by atoms with E-state index in [2.05, 4.69) is 26.7 Å². The molecule has 2 aromatic heterocycles. The highest BCUT2D eigenvalue weighted by Gasteiger charge is 2.21. The number of anilines is 1. The zero-order chi connectivity index (χ0) is 23.6. The molecule has 172 valence electrons. The van der Waals surface area contributed by atoms with Crippen molar-refractivity contribution >= 4 is 33.3 Å². The predicted molar refractivity (Wildman–Crippen MR) is 126 cm³/mol. The van der Waals surface area contributed by atoms with Crippen molar-refractivity contribution in [1.82, 2.24) is 19.6 Å². The van der Waals surface area contributed by atoms with Gasteiger partial charge in [0.1, 0.15) is 27.7 Å². The Morgan fingerprint density at radius 2 is 1.85 bits per heavy atom. The van der Waals surface area contributed by atoms with E-state index in [-0.39, 0.29) is 10.6 Å². The molecule has 4 rings (SSSR count). The molecular weight excluding hydrogens is 462 g/mol. The molecule has 33 heavy (non-hydrogen) atoms.